The first-order chi connectivity index (χ1) is 12.3. The maximum atomic E-state index is 11.9. The Morgan fingerprint density at radius 1 is 0.920 bits per heavy atom. The fraction of sp³-hybridized carbons (Fsp3) is 0. The van der Waals surface area contributed by atoms with Crippen molar-refractivity contribution in [1.29, 1.82) is 0 Å². The zero-order valence-corrected chi connectivity index (χ0v) is 13.3. The molecule has 2 aromatic carbocycles. The molecule has 0 aliphatic carbocycles. The molecule has 0 atom stereocenters. The molecular weight excluding hydrogens is 314 g/mol. The van der Waals surface area contributed by atoms with Gasteiger partial charge in [0.15, 0.2) is 0 Å². The molecule has 6 heteroatoms. The molecule has 0 aliphatic rings. The molecule has 0 bridgehead atoms. The van der Waals surface area contributed by atoms with Gasteiger partial charge in [0.2, 0.25) is 5.91 Å². The summed E-state index contributed by atoms with van der Waals surface area (Å²) in [6.07, 6.45) is 7.74. The van der Waals surface area contributed by atoms with Crippen molar-refractivity contribution in [2.75, 3.05) is 5.32 Å². The second kappa shape index (κ2) is 8.26. The van der Waals surface area contributed by atoms with Gasteiger partial charge in [-0.15, -0.1) is 0 Å². The Kier molecular flexibility index (Phi) is 5.35. The summed E-state index contributed by atoms with van der Waals surface area (Å²) in [6, 6.07) is 16.6. The van der Waals surface area contributed by atoms with Crippen molar-refractivity contribution in [3.05, 3.63) is 85.0 Å². The van der Waals surface area contributed by atoms with Gasteiger partial charge >= 0.3 is 0 Å². The van der Waals surface area contributed by atoms with Crippen molar-refractivity contribution in [2.45, 2.75) is 0 Å². The van der Waals surface area contributed by atoms with Crippen molar-refractivity contribution in [1.82, 2.24) is 9.97 Å². The molecule has 0 radical (unpaired) electrons. The maximum Gasteiger partial charge on any atom is 0.248 e. The second-order valence-corrected chi connectivity index (χ2v) is 5.04. The predicted molar refractivity (Wildman–Crippen MR) is 96.8 cm³/mol. The molecule has 3 rings (SSSR count). The fourth-order valence-electron chi connectivity index (χ4n) is 1.96. The average molecular weight is 329 g/mol. The number of carbonyl (C=O) groups is 1. The van der Waals surface area contributed by atoms with Crippen LogP contribution in [0.3, 0.4) is 0 Å². The Bertz CT molecular complexity index is 875. The number of rotatable bonds is 5. The van der Waals surface area contributed by atoms with E-state index in [1.54, 1.807) is 48.9 Å². The van der Waals surface area contributed by atoms with Gasteiger partial charge in [-0.2, -0.15) is 10.2 Å². The Morgan fingerprint density at radius 2 is 1.64 bits per heavy atom. The number of anilines is 1. The summed E-state index contributed by atoms with van der Waals surface area (Å²) in [5.74, 6) is -0.246. The van der Waals surface area contributed by atoms with E-state index in [2.05, 4.69) is 25.5 Å². The smallest absolute Gasteiger partial charge is 0.248 e. The van der Waals surface area contributed by atoms with Crippen molar-refractivity contribution >= 4 is 29.0 Å². The van der Waals surface area contributed by atoms with Crippen LogP contribution in [0.25, 0.3) is 6.08 Å². The quantitative estimate of drug-likeness (QED) is 0.551. The number of hydrogen-bond acceptors (Lipinski definition) is 5. The molecule has 0 spiro atoms. The standard InChI is InChI=1S/C19H15N5O/c25-19(11-10-18-14-20-12-13-21-18)22-15-6-8-17(9-7-15)24-23-16-4-2-1-3-5-16/h1-14H,(H,22,25)/b11-10-,24-23?. The molecule has 3 aromatic rings. The Balaban J connectivity index is 1.58. The van der Waals surface area contributed by atoms with E-state index in [4.69, 9.17) is 0 Å². The van der Waals surface area contributed by atoms with E-state index in [9.17, 15) is 4.79 Å². The SMILES string of the molecule is O=C(/C=C\c1cnccn1)Nc1ccc(N=Nc2ccccc2)cc1. The normalized spacial score (nSPS) is 11.0. The van der Waals surface area contributed by atoms with E-state index in [-0.39, 0.29) is 5.91 Å². The molecule has 1 amide bonds. The Hall–Kier alpha value is -3.67. The van der Waals surface area contributed by atoms with Crippen molar-refractivity contribution in [3.63, 3.8) is 0 Å². The van der Waals surface area contributed by atoms with Crippen LogP contribution in [-0.4, -0.2) is 15.9 Å². The van der Waals surface area contributed by atoms with E-state index in [0.717, 1.165) is 5.69 Å². The number of carbonyl (C=O) groups excluding carboxylic acids is 1. The van der Waals surface area contributed by atoms with Crippen LogP contribution in [0, 0.1) is 0 Å². The molecule has 0 aliphatic heterocycles. The van der Waals surface area contributed by atoms with E-state index in [1.165, 1.54) is 6.08 Å². The van der Waals surface area contributed by atoms with Crippen LogP contribution >= 0.6 is 0 Å². The summed E-state index contributed by atoms with van der Waals surface area (Å²) >= 11 is 0. The molecule has 0 saturated heterocycles. The first-order valence-corrected chi connectivity index (χ1v) is 7.61. The maximum absolute atomic E-state index is 11.9. The lowest BCUT2D eigenvalue weighted by Crippen LogP contribution is -2.07. The summed E-state index contributed by atoms with van der Waals surface area (Å²) in [5, 5.41) is 11.1. The lowest BCUT2D eigenvalue weighted by molar-refractivity contribution is -0.111. The third-order valence-electron chi connectivity index (χ3n) is 3.16. The summed E-state index contributed by atoms with van der Waals surface area (Å²) in [7, 11) is 0. The Morgan fingerprint density at radius 3 is 2.32 bits per heavy atom. The largest absolute Gasteiger partial charge is 0.323 e. The minimum absolute atomic E-state index is 0.246. The number of nitrogens with zero attached hydrogens (tertiary/aromatic N) is 4. The molecule has 0 unspecified atom stereocenters. The summed E-state index contributed by atoms with van der Waals surface area (Å²) in [5.41, 5.74) is 2.78. The van der Waals surface area contributed by atoms with Gasteiger partial charge in [-0.3, -0.25) is 14.8 Å². The van der Waals surface area contributed by atoms with Crippen molar-refractivity contribution in [2.24, 2.45) is 10.2 Å². The highest BCUT2D eigenvalue weighted by Crippen LogP contribution is 2.20. The van der Waals surface area contributed by atoms with E-state index in [1.807, 2.05) is 30.3 Å². The lowest BCUT2D eigenvalue weighted by Gasteiger charge is -2.02. The predicted octanol–water partition coefficient (Wildman–Crippen LogP) is 4.54. The molecule has 0 saturated carbocycles. The van der Waals surface area contributed by atoms with E-state index < -0.39 is 0 Å². The number of azo groups is 1. The van der Waals surface area contributed by atoms with Gasteiger partial charge in [-0.05, 0) is 42.5 Å². The van der Waals surface area contributed by atoms with Crippen molar-refractivity contribution < 1.29 is 4.79 Å². The third kappa shape index (κ3) is 5.18. The summed E-state index contributed by atoms with van der Waals surface area (Å²) < 4.78 is 0. The first-order valence-electron chi connectivity index (χ1n) is 7.61. The number of nitrogens with one attached hydrogen (secondary N) is 1. The second-order valence-electron chi connectivity index (χ2n) is 5.04. The minimum Gasteiger partial charge on any atom is -0.323 e. The van der Waals surface area contributed by atoms with Gasteiger partial charge in [0, 0.05) is 24.2 Å². The highest BCUT2D eigenvalue weighted by Gasteiger charge is 1.99. The molecule has 6 nitrogen and oxygen atoms in total. The van der Waals surface area contributed by atoms with Crippen molar-refractivity contribution in [3.8, 4) is 0 Å². The molecule has 1 N–H and O–H groups in total. The molecule has 122 valence electrons. The van der Waals surface area contributed by atoms with E-state index in [0.29, 0.717) is 17.1 Å². The van der Waals surface area contributed by atoms with Gasteiger partial charge in [0.25, 0.3) is 0 Å². The molecule has 0 fully saturated rings. The van der Waals surface area contributed by atoms with Gasteiger partial charge < -0.3 is 5.32 Å². The fourth-order valence-corrected chi connectivity index (χ4v) is 1.96. The van der Waals surface area contributed by atoms with Crippen LogP contribution in [0.4, 0.5) is 17.1 Å². The molecular formula is C19H15N5O. The average Bonchev–Trinajstić information content (AvgIpc) is 2.67. The molecule has 25 heavy (non-hydrogen) atoms. The summed E-state index contributed by atoms with van der Waals surface area (Å²) in [6.45, 7) is 0. The van der Waals surface area contributed by atoms with Crippen LogP contribution in [-0.2, 0) is 4.79 Å². The minimum atomic E-state index is -0.246. The van der Waals surface area contributed by atoms with Gasteiger partial charge in [-0.25, -0.2) is 0 Å². The van der Waals surface area contributed by atoms with Gasteiger partial charge in [0.05, 0.1) is 23.3 Å². The number of hydrogen-bond donors (Lipinski definition) is 1. The van der Waals surface area contributed by atoms with Gasteiger partial charge in [0.1, 0.15) is 0 Å². The van der Waals surface area contributed by atoms with Crippen LogP contribution < -0.4 is 5.32 Å². The number of amides is 1. The third-order valence-corrected chi connectivity index (χ3v) is 3.16. The summed E-state index contributed by atoms with van der Waals surface area (Å²) in [4.78, 5) is 19.9. The Labute approximate surface area is 145 Å². The van der Waals surface area contributed by atoms with Gasteiger partial charge in [-0.1, -0.05) is 18.2 Å². The number of aromatic nitrogens is 2. The van der Waals surface area contributed by atoms with Crippen LogP contribution in [0.5, 0.6) is 0 Å². The molecule has 1 aromatic heterocycles. The monoisotopic (exact) mass is 329 g/mol. The van der Waals surface area contributed by atoms with E-state index >= 15 is 0 Å². The zero-order valence-electron chi connectivity index (χ0n) is 13.3. The van der Waals surface area contributed by atoms with Crippen LogP contribution in [0.15, 0.2) is 89.5 Å². The topological polar surface area (TPSA) is 79.6 Å². The first kappa shape index (κ1) is 16.2. The van der Waals surface area contributed by atoms with Crippen LogP contribution in [0.2, 0.25) is 0 Å². The number of benzene rings is 2. The lowest BCUT2D eigenvalue weighted by atomic mass is 10.3. The van der Waals surface area contributed by atoms with Crippen LogP contribution in [0.1, 0.15) is 5.69 Å². The highest BCUT2D eigenvalue weighted by atomic mass is 16.1. The molecule has 1 heterocycles. The zero-order chi connectivity index (χ0) is 17.3. The highest BCUT2D eigenvalue weighted by molar-refractivity contribution is 6.01.